The van der Waals surface area contributed by atoms with Crippen LogP contribution in [0, 0.1) is 13.8 Å². The van der Waals surface area contributed by atoms with Crippen LogP contribution in [-0.2, 0) is 12.0 Å². The first-order chi connectivity index (χ1) is 9.27. The topological polar surface area (TPSA) is 24.9 Å². The molecule has 0 spiro atoms. The van der Waals surface area contributed by atoms with Gasteiger partial charge in [0.05, 0.1) is 17.2 Å². The molecule has 2 aromatic rings. The Hall–Kier alpha value is -0.870. The first-order valence-corrected chi connectivity index (χ1v) is 8.40. The Morgan fingerprint density at radius 2 is 1.80 bits per heavy atom. The third-order valence-electron chi connectivity index (χ3n) is 3.14. The van der Waals surface area contributed by atoms with Crippen LogP contribution in [0.15, 0.2) is 22.0 Å². The molecule has 4 heteroatoms. The second-order valence-electron chi connectivity index (χ2n) is 6.16. The summed E-state index contributed by atoms with van der Waals surface area (Å²) in [6.07, 6.45) is 0. The minimum absolute atomic E-state index is 0.131. The molecule has 2 rings (SSSR count). The lowest BCUT2D eigenvalue weighted by Crippen LogP contribution is -2.11. The molecular formula is C16H21BrN2S. The van der Waals surface area contributed by atoms with E-state index in [1.807, 2.05) is 0 Å². The van der Waals surface area contributed by atoms with Crippen molar-refractivity contribution in [1.29, 1.82) is 0 Å². The highest BCUT2D eigenvalue weighted by molar-refractivity contribution is 9.10. The smallest absolute Gasteiger partial charge is 0.0982 e. The van der Waals surface area contributed by atoms with Crippen LogP contribution in [0.1, 0.15) is 42.6 Å². The average Bonchev–Trinajstić information content (AvgIpc) is 2.75. The number of rotatable bonds is 3. The summed E-state index contributed by atoms with van der Waals surface area (Å²) in [6.45, 7) is 11.6. The third kappa shape index (κ3) is 3.61. The molecule has 0 saturated heterocycles. The molecule has 1 aromatic heterocycles. The maximum Gasteiger partial charge on any atom is 0.0982 e. The Labute approximate surface area is 133 Å². The Bertz CT molecular complexity index is 588. The third-order valence-corrected chi connectivity index (χ3v) is 4.91. The number of aryl methyl sites for hydroxylation is 2. The van der Waals surface area contributed by atoms with Gasteiger partial charge in [0.1, 0.15) is 0 Å². The van der Waals surface area contributed by atoms with Gasteiger partial charge in [0.2, 0.25) is 0 Å². The minimum atomic E-state index is 0.131. The van der Waals surface area contributed by atoms with Crippen LogP contribution in [0.3, 0.4) is 0 Å². The molecule has 108 valence electrons. The highest BCUT2D eigenvalue weighted by atomic mass is 79.9. The molecule has 0 fully saturated rings. The lowest BCUT2D eigenvalue weighted by molar-refractivity contribution is 0.583. The SMILES string of the molecule is Cc1cc(Br)cc(C)c1NCc1csc(C(C)(C)C)n1. The largest absolute Gasteiger partial charge is 0.379 e. The number of benzene rings is 1. The van der Waals surface area contributed by atoms with Crippen LogP contribution in [-0.4, -0.2) is 4.98 Å². The van der Waals surface area contributed by atoms with Crippen molar-refractivity contribution >= 4 is 33.0 Å². The van der Waals surface area contributed by atoms with Crippen molar-refractivity contribution in [2.75, 3.05) is 5.32 Å². The highest BCUT2D eigenvalue weighted by Gasteiger charge is 2.17. The number of hydrogen-bond acceptors (Lipinski definition) is 3. The van der Waals surface area contributed by atoms with E-state index >= 15 is 0 Å². The van der Waals surface area contributed by atoms with Crippen LogP contribution in [0.25, 0.3) is 0 Å². The van der Waals surface area contributed by atoms with Gasteiger partial charge in [0, 0.05) is 21.0 Å². The fourth-order valence-corrected chi connectivity index (χ4v) is 3.70. The quantitative estimate of drug-likeness (QED) is 0.796. The van der Waals surface area contributed by atoms with E-state index in [-0.39, 0.29) is 5.41 Å². The fourth-order valence-electron chi connectivity index (χ4n) is 2.10. The van der Waals surface area contributed by atoms with Crippen LogP contribution >= 0.6 is 27.3 Å². The summed E-state index contributed by atoms with van der Waals surface area (Å²) in [5, 5.41) is 6.86. The van der Waals surface area contributed by atoms with Gasteiger partial charge in [-0.25, -0.2) is 4.98 Å². The highest BCUT2D eigenvalue weighted by Crippen LogP contribution is 2.28. The first-order valence-electron chi connectivity index (χ1n) is 6.73. The van der Waals surface area contributed by atoms with Gasteiger partial charge in [0.25, 0.3) is 0 Å². The van der Waals surface area contributed by atoms with E-state index in [0.29, 0.717) is 0 Å². The maximum atomic E-state index is 4.72. The van der Waals surface area contributed by atoms with Gasteiger partial charge in [-0.2, -0.15) is 0 Å². The van der Waals surface area contributed by atoms with Crippen LogP contribution in [0.4, 0.5) is 5.69 Å². The molecule has 0 atom stereocenters. The lowest BCUT2D eigenvalue weighted by atomic mass is 9.98. The first kappa shape index (κ1) is 15.5. The van der Waals surface area contributed by atoms with Crippen molar-refractivity contribution in [1.82, 2.24) is 4.98 Å². The van der Waals surface area contributed by atoms with Crippen molar-refractivity contribution in [3.8, 4) is 0 Å². The molecule has 0 aliphatic heterocycles. The average molecular weight is 353 g/mol. The van der Waals surface area contributed by atoms with Gasteiger partial charge in [0.15, 0.2) is 0 Å². The molecule has 0 amide bonds. The normalized spacial score (nSPS) is 11.7. The monoisotopic (exact) mass is 352 g/mol. The van der Waals surface area contributed by atoms with Crippen LogP contribution in [0.5, 0.6) is 0 Å². The van der Waals surface area contributed by atoms with E-state index in [4.69, 9.17) is 4.98 Å². The van der Waals surface area contributed by atoms with E-state index in [0.717, 1.165) is 16.7 Å². The predicted molar refractivity (Wildman–Crippen MR) is 91.8 cm³/mol. The fraction of sp³-hybridized carbons (Fsp3) is 0.438. The minimum Gasteiger partial charge on any atom is -0.379 e. The molecule has 2 nitrogen and oxygen atoms in total. The summed E-state index contributed by atoms with van der Waals surface area (Å²) < 4.78 is 1.13. The van der Waals surface area contributed by atoms with Crippen LogP contribution in [0.2, 0.25) is 0 Å². The molecule has 0 saturated carbocycles. The summed E-state index contributed by atoms with van der Waals surface area (Å²) in [5.41, 5.74) is 4.96. The molecule has 1 N–H and O–H groups in total. The summed E-state index contributed by atoms with van der Waals surface area (Å²) in [6, 6.07) is 4.27. The molecule has 1 aromatic carbocycles. The Balaban J connectivity index is 2.12. The van der Waals surface area contributed by atoms with E-state index in [9.17, 15) is 0 Å². The molecule has 0 bridgehead atoms. The van der Waals surface area contributed by atoms with Crippen molar-refractivity contribution in [2.24, 2.45) is 0 Å². The Morgan fingerprint density at radius 3 is 2.30 bits per heavy atom. The number of hydrogen-bond donors (Lipinski definition) is 1. The number of nitrogens with one attached hydrogen (secondary N) is 1. The van der Waals surface area contributed by atoms with Gasteiger partial charge < -0.3 is 5.32 Å². The van der Waals surface area contributed by atoms with Crippen LogP contribution < -0.4 is 5.32 Å². The lowest BCUT2D eigenvalue weighted by Gasteiger charge is -2.14. The zero-order valence-electron chi connectivity index (χ0n) is 12.7. The second-order valence-corrected chi connectivity index (χ2v) is 7.94. The number of halogens is 1. The molecule has 0 radical (unpaired) electrons. The molecule has 0 aliphatic carbocycles. The number of anilines is 1. The summed E-state index contributed by atoms with van der Waals surface area (Å²) in [4.78, 5) is 4.72. The standard InChI is InChI=1S/C16H21BrN2S/c1-10-6-12(17)7-11(2)14(10)18-8-13-9-20-15(19-13)16(3,4)5/h6-7,9,18H,8H2,1-5H3. The van der Waals surface area contributed by atoms with Gasteiger partial charge in [-0.1, -0.05) is 36.7 Å². The molecular weight excluding hydrogens is 332 g/mol. The van der Waals surface area contributed by atoms with E-state index < -0.39 is 0 Å². The molecule has 0 unspecified atom stereocenters. The predicted octanol–water partition coefficient (Wildman–Crippen LogP) is 5.43. The summed E-state index contributed by atoms with van der Waals surface area (Å²) >= 11 is 5.27. The Kier molecular flexibility index (Phi) is 4.55. The van der Waals surface area contributed by atoms with Gasteiger partial charge in [-0.05, 0) is 37.1 Å². The second kappa shape index (κ2) is 5.86. The Morgan fingerprint density at radius 1 is 1.20 bits per heavy atom. The number of thiazole rings is 1. The van der Waals surface area contributed by atoms with Crippen molar-refractivity contribution in [3.05, 3.63) is 43.8 Å². The van der Waals surface area contributed by atoms with Gasteiger partial charge in [-0.3, -0.25) is 0 Å². The molecule has 1 heterocycles. The van der Waals surface area contributed by atoms with Gasteiger partial charge >= 0.3 is 0 Å². The zero-order valence-corrected chi connectivity index (χ0v) is 15.1. The summed E-state index contributed by atoms with van der Waals surface area (Å²) in [5.74, 6) is 0. The van der Waals surface area contributed by atoms with Crippen molar-refractivity contribution < 1.29 is 0 Å². The van der Waals surface area contributed by atoms with Crippen molar-refractivity contribution in [3.63, 3.8) is 0 Å². The zero-order chi connectivity index (χ0) is 14.9. The summed E-state index contributed by atoms with van der Waals surface area (Å²) in [7, 11) is 0. The van der Waals surface area contributed by atoms with E-state index in [1.165, 1.54) is 21.8 Å². The molecule has 0 aliphatic rings. The maximum absolute atomic E-state index is 4.72. The van der Waals surface area contributed by atoms with Crippen molar-refractivity contribution in [2.45, 2.75) is 46.6 Å². The van der Waals surface area contributed by atoms with E-state index in [1.54, 1.807) is 11.3 Å². The number of aromatic nitrogens is 1. The molecule has 20 heavy (non-hydrogen) atoms. The van der Waals surface area contributed by atoms with Gasteiger partial charge in [-0.15, -0.1) is 11.3 Å². The number of nitrogens with zero attached hydrogens (tertiary/aromatic N) is 1. The van der Waals surface area contributed by atoms with E-state index in [2.05, 4.69) is 73.4 Å².